The largest absolute Gasteiger partial charge is 0.366 e. The van der Waals surface area contributed by atoms with Gasteiger partial charge in [-0.15, -0.1) is 0 Å². The minimum Gasteiger partial charge on any atom is -0.366 e. The number of rotatable bonds is 2. The Morgan fingerprint density at radius 2 is 2.21 bits per heavy atom. The van der Waals surface area contributed by atoms with Gasteiger partial charge in [0.25, 0.3) is 0 Å². The second-order valence-electron chi connectivity index (χ2n) is 2.98. The number of nitrogens with zero attached hydrogens (tertiary/aromatic N) is 1. The maximum Gasteiger partial charge on any atom is 0.231 e. The molecule has 0 spiro atoms. The predicted molar refractivity (Wildman–Crippen MR) is 56.5 cm³/mol. The third kappa shape index (κ3) is 1.35. The van der Waals surface area contributed by atoms with Crippen LogP contribution in [0.15, 0.2) is 29.1 Å². The first-order chi connectivity index (χ1) is 6.83. The van der Waals surface area contributed by atoms with Crippen molar-refractivity contribution in [2.75, 3.05) is 11.9 Å². The fourth-order valence-corrected chi connectivity index (χ4v) is 1.36. The van der Waals surface area contributed by atoms with Gasteiger partial charge >= 0.3 is 0 Å². The zero-order valence-electron chi connectivity index (χ0n) is 7.87. The molecule has 2 aromatic rings. The van der Waals surface area contributed by atoms with E-state index in [1.54, 1.807) is 6.07 Å². The highest BCUT2D eigenvalue weighted by atomic mass is 16.1. The number of aromatic amines is 1. The molecule has 0 fully saturated rings. The first-order valence-electron chi connectivity index (χ1n) is 4.54. The van der Waals surface area contributed by atoms with E-state index in [2.05, 4.69) is 15.5 Å². The van der Waals surface area contributed by atoms with Crippen molar-refractivity contribution >= 4 is 16.7 Å². The van der Waals surface area contributed by atoms with Gasteiger partial charge in [-0.05, 0) is 19.1 Å². The van der Waals surface area contributed by atoms with Gasteiger partial charge in [0.15, 0.2) is 5.82 Å². The molecular formula is C10H11N3O. The van der Waals surface area contributed by atoms with E-state index in [1.165, 1.54) is 0 Å². The first kappa shape index (κ1) is 8.74. The van der Waals surface area contributed by atoms with Gasteiger partial charge in [0.1, 0.15) is 0 Å². The summed E-state index contributed by atoms with van der Waals surface area (Å²) in [5, 5.41) is 10.4. The lowest BCUT2D eigenvalue weighted by atomic mass is 10.2. The van der Waals surface area contributed by atoms with Gasteiger partial charge in [-0.2, -0.15) is 5.10 Å². The number of para-hydroxylation sites is 1. The molecule has 0 radical (unpaired) electrons. The van der Waals surface area contributed by atoms with Crippen LogP contribution in [0.5, 0.6) is 0 Å². The summed E-state index contributed by atoms with van der Waals surface area (Å²) >= 11 is 0. The Bertz CT molecular complexity index is 504. The number of hydrogen-bond acceptors (Lipinski definition) is 3. The predicted octanol–water partition coefficient (Wildman–Crippen LogP) is 1.35. The number of aromatic nitrogens is 2. The monoisotopic (exact) mass is 189 g/mol. The smallest absolute Gasteiger partial charge is 0.231 e. The van der Waals surface area contributed by atoms with Gasteiger partial charge in [-0.3, -0.25) is 9.89 Å². The summed E-state index contributed by atoms with van der Waals surface area (Å²) in [6.45, 7) is 2.62. The van der Waals surface area contributed by atoms with Gasteiger partial charge < -0.3 is 5.32 Å². The summed E-state index contributed by atoms with van der Waals surface area (Å²) in [5.74, 6) is 0.381. The van der Waals surface area contributed by atoms with E-state index in [-0.39, 0.29) is 5.43 Å². The van der Waals surface area contributed by atoms with Crippen molar-refractivity contribution < 1.29 is 0 Å². The fraction of sp³-hybridized carbons (Fsp3) is 0.200. The van der Waals surface area contributed by atoms with E-state index >= 15 is 0 Å². The van der Waals surface area contributed by atoms with Crippen LogP contribution >= 0.6 is 0 Å². The molecule has 1 heterocycles. The van der Waals surface area contributed by atoms with E-state index in [4.69, 9.17) is 0 Å². The molecule has 0 aliphatic carbocycles. The highest BCUT2D eigenvalue weighted by Crippen LogP contribution is 2.06. The molecule has 14 heavy (non-hydrogen) atoms. The van der Waals surface area contributed by atoms with Crippen molar-refractivity contribution in [2.24, 2.45) is 0 Å². The Hall–Kier alpha value is -1.84. The maximum absolute atomic E-state index is 11.8. The van der Waals surface area contributed by atoms with E-state index in [0.717, 1.165) is 5.52 Å². The molecule has 0 unspecified atom stereocenters. The Labute approximate surface area is 81.0 Å². The molecule has 0 atom stereocenters. The van der Waals surface area contributed by atoms with Crippen LogP contribution in [0.2, 0.25) is 0 Å². The molecular weight excluding hydrogens is 178 g/mol. The maximum atomic E-state index is 11.8. The highest BCUT2D eigenvalue weighted by Gasteiger charge is 2.03. The molecule has 72 valence electrons. The van der Waals surface area contributed by atoms with Crippen LogP contribution in [0, 0.1) is 0 Å². The van der Waals surface area contributed by atoms with Gasteiger partial charge in [-0.25, -0.2) is 0 Å². The van der Waals surface area contributed by atoms with Crippen molar-refractivity contribution in [1.82, 2.24) is 10.2 Å². The lowest BCUT2D eigenvalue weighted by Gasteiger charge is -2.02. The fourth-order valence-electron chi connectivity index (χ4n) is 1.36. The molecule has 4 nitrogen and oxygen atoms in total. The standard InChI is InChI=1S/C10H11N3O/c1-2-11-10-9(14)7-5-3-4-6-8(7)12-13-10/h3-6H,2H2,1H3,(H,11,13)(H,12,14). The summed E-state index contributed by atoms with van der Waals surface area (Å²) in [6.07, 6.45) is 0. The van der Waals surface area contributed by atoms with Crippen molar-refractivity contribution in [2.45, 2.75) is 6.92 Å². The molecule has 4 heteroatoms. The first-order valence-corrected chi connectivity index (χ1v) is 4.54. The third-order valence-corrected chi connectivity index (χ3v) is 2.02. The van der Waals surface area contributed by atoms with Gasteiger partial charge in [-0.1, -0.05) is 12.1 Å². The van der Waals surface area contributed by atoms with E-state index in [0.29, 0.717) is 17.7 Å². The quantitative estimate of drug-likeness (QED) is 0.749. The number of nitrogens with one attached hydrogen (secondary N) is 2. The van der Waals surface area contributed by atoms with Crippen LogP contribution in [0.4, 0.5) is 5.82 Å². The molecule has 2 rings (SSSR count). The summed E-state index contributed by atoms with van der Waals surface area (Å²) in [4.78, 5) is 11.8. The van der Waals surface area contributed by atoms with Crippen molar-refractivity contribution in [3.8, 4) is 0 Å². The lowest BCUT2D eigenvalue weighted by molar-refractivity contribution is 1.04. The molecule has 0 aliphatic rings. The Kier molecular flexibility index (Phi) is 2.18. The van der Waals surface area contributed by atoms with Crippen LogP contribution in [-0.2, 0) is 0 Å². The van der Waals surface area contributed by atoms with Crippen LogP contribution in [0.1, 0.15) is 6.92 Å². The second-order valence-corrected chi connectivity index (χ2v) is 2.98. The molecule has 0 saturated heterocycles. The van der Waals surface area contributed by atoms with Gasteiger partial charge in [0.2, 0.25) is 5.43 Å². The molecule has 0 bridgehead atoms. The minimum atomic E-state index is -0.0544. The number of fused-ring (bicyclic) bond motifs is 1. The molecule has 1 aromatic heterocycles. The molecule has 0 aliphatic heterocycles. The van der Waals surface area contributed by atoms with Crippen molar-refractivity contribution in [3.05, 3.63) is 34.5 Å². The van der Waals surface area contributed by atoms with Crippen LogP contribution < -0.4 is 10.7 Å². The summed E-state index contributed by atoms with van der Waals surface area (Å²) in [6, 6.07) is 7.33. The second kappa shape index (κ2) is 3.49. The average Bonchev–Trinajstić information content (AvgIpc) is 2.23. The summed E-state index contributed by atoms with van der Waals surface area (Å²) < 4.78 is 0. The van der Waals surface area contributed by atoms with Crippen molar-refractivity contribution in [1.29, 1.82) is 0 Å². The molecule has 0 saturated carbocycles. The van der Waals surface area contributed by atoms with E-state index in [9.17, 15) is 4.79 Å². The molecule has 1 aromatic carbocycles. The average molecular weight is 189 g/mol. The van der Waals surface area contributed by atoms with Crippen LogP contribution in [0.3, 0.4) is 0 Å². The SMILES string of the molecule is CCNc1n[nH]c2ccccc2c1=O. The number of hydrogen-bond donors (Lipinski definition) is 2. The third-order valence-electron chi connectivity index (χ3n) is 2.02. The topological polar surface area (TPSA) is 57.8 Å². The van der Waals surface area contributed by atoms with Crippen molar-refractivity contribution in [3.63, 3.8) is 0 Å². The normalized spacial score (nSPS) is 10.4. The minimum absolute atomic E-state index is 0.0544. The number of benzene rings is 1. The summed E-state index contributed by atoms with van der Waals surface area (Å²) in [7, 11) is 0. The molecule has 2 N–H and O–H groups in total. The van der Waals surface area contributed by atoms with E-state index in [1.807, 2.05) is 25.1 Å². The molecule has 0 amide bonds. The Balaban J connectivity index is 2.69. The highest BCUT2D eigenvalue weighted by molar-refractivity contribution is 5.79. The van der Waals surface area contributed by atoms with Crippen LogP contribution in [0.25, 0.3) is 10.9 Å². The van der Waals surface area contributed by atoms with Gasteiger partial charge in [0, 0.05) is 6.54 Å². The Morgan fingerprint density at radius 3 is 3.00 bits per heavy atom. The van der Waals surface area contributed by atoms with E-state index < -0.39 is 0 Å². The van der Waals surface area contributed by atoms with Gasteiger partial charge in [0.05, 0.1) is 10.9 Å². The summed E-state index contributed by atoms with van der Waals surface area (Å²) in [5.41, 5.74) is 0.709. The number of anilines is 1. The number of H-pyrrole nitrogens is 1. The lowest BCUT2D eigenvalue weighted by Crippen LogP contribution is -2.14. The zero-order valence-corrected chi connectivity index (χ0v) is 7.87. The Morgan fingerprint density at radius 1 is 1.43 bits per heavy atom. The van der Waals surface area contributed by atoms with Crippen LogP contribution in [-0.4, -0.2) is 16.7 Å². The zero-order chi connectivity index (χ0) is 9.97.